The van der Waals surface area contributed by atoms with E-state index in [4.69, 9.17) is 8.83 Å². The summed E-state index contributed by atoms with van der Waals surface area (Å²) in [7, 11) is 0. The van der Waals surface area contributed by atoms with Gasteiger partial charge in [0.2, 0.25) is 0 Å². The fourth-order valence-electron chi connectivity index (χ4n) is 8.07. The van der Waals surface area contributed by atoms with Crippen LogP contribution in [0.5, 0.6) is 0 Å². The van der Waals surface area contributed by atoms with Crippen LogP contribution in [0.25, 0.3) is 71.9 Å². The smallest absolute Gasteiger partial charge is 0.159 e. The largest absolute Gasteiger partial charge is 0.455 e. The van der Waals surface area contributed by atoms with Crippen LogP contribution < -0.4 is 4.90 Å². The Morgan fingerprint density at radius 3 is 2.09 bits per heavy atom. The zero-order valence-corrected chi connectivity index (χ0v) is 30.2. The molecule has 0 aliphatic rings. The predicted octanol–water partition coefficient (Wildman–Crippen LogP) is 15.1. The summed E-state index contributed by atoms with van der Waals surface area (Å²) in [6, 6.07) is 62.1. The highest BCUT2D eigenvalue weighted by molar-refractivity contribution is 6.16. The summed E-state index contributed by atoms with van der Waals surface area (Å²) in [5, 5.41) is 6.69. The van der Waals surface area contributed by atoms with Crippen LogP contribution in [-0.2, 0) is 0 Å². The lowest BCUT2D eigenvalue weighted by Gasteiger charge is -2.28. The number of para-hydroxylation sites is 3. The molecule has 10 aromatic rings. The zero-order valence-electron chi connectivity index (χ0n) is 30.2. The minimum Gasteiger partial charge on any atom is -0.455 e. The molecule has 10 rings (SSSR count). The molecule has 8 aromatic carbocycles. The minimum absolute atomic E-state index is 0.260. The van der Waals surface area contributed by atoms with Gasteiger partial charge in [-0.2, -0.15) is 0 Å². The number of furan rings is 2. The van der Waals surface area contributed by atoms with Gasteiger partial charge in [0.05, 0.1) is 11.4 Å². The van der Waals surface area contributed by atoms with Crippen molar-refractivity contribution < 1.29 is 8.83 Å². The number of hydrogen-bond donors (Lipinski definition) is 0. The summed E-state index contributed by atoms with van der Waals surface area (Å²) in [6.07, 6.45) is 7.37. The van der Waals surface area contributed by atoms with Crippen LogP contribution in [0, 0.1) is 0 Å². The Balaban J connectivity index is 1.12. The maximum atomic E-state index is 6.66. The van der Waals surface area contributed by atoms with Gasteiger partial charge in [-0.05, 0) is 77.0 Å². The van der Waals surface area contributed by atoms with Crippen molar-refractivity contribution >= 4 is 77.8 Å². The second kappa shape index (κ2) is 13.7. The molecule has 0 spiro atoms. The Labute approximate surface area is 319 Å². The first-order valence-electron chi connectivity index (χ1n) is 18.8. The molecular formula is C52H37NO2. The fraction of sp³-hybridized carbons (Fsp3) is 0.0385. The molecule has 1 atom stereocenters. The monoisotopic (exact) mass is 707 g/mol. The Morgan fingerprint density at radius 2 is 1.22 bits per heavy atom. The first-order valence-corrected chi connectivity index (χ1v) is 18.8. The summed E-state index contributed by atoms with van der Waals surface area (Å²) in [4.78, 5) is 2.34. The van der Waals surface area contributed by atoms with Crippen molar-refractivity contribution in [3.63, 3.8) is 0 Å². The first kappa shape index (κ1) is 32.5. The lowest BCUT2D eigenvalue weighted by Crippen LogP contribution is -2.11. The third kappa shape index (κ3) is 5.78. The Morgan fingerprint density at radius 1 is 0.527 bits per heavy atom. The topological polar surface area (TPSA) is 29.5 Å². The fourth-order valence-corrected chi connectivity index (χ4v) is 8.07. The predicted molar refractivity (Wildman–Crippen MR) is 232 cm³/mol. The third-order valence-electron chi connectivity index (χ3n) is 10.8. The van der Waals surface area contributed by atoms with E-state index in [9.17, 15) is 0 Å². The normalized spacial score (nSPS) is 12.4. The highest BCUT2D eigenvalue weighted by atomic mass is 16.3. The zero-order chi connectivity index (χ0) is 36.7. The molecule has 2 aromatic heterocycles. The summed E-state index contributed by atoms with van der Waals surface area (Å²) in [6.45, 7) is 4.02. The van der Waals surface area contributed by atoms with E-state index in [-0.39, 0.29) is 5.92 Å². The van der Waals surface area contributed by atoms with E-state index in [1.165, 1.54) is 10.9 Å². The molecule has 3 heteroatoms. The molecule has 1 unspecified atom stereocenters. The van der Waals surface area contributed by atoms with Gasteiger partial charge in [0, 0.05) is 44.1 Å². The van der Waals surface area contributed by atoms with Gasteiger partial charge in [0.15, 0.2) is 5.58 Å². The maximum absolute atomic E-state index is 6.66. The van der Waals surface area contributed by atoms with Crippen LogP contribution in [0.15, 0.2) is 203 Å². The molecule has 0 N–H and O–H groups in total. The van der Waals surface area contributed by atoms with Gasteiger partial charge in [-0.3, -0.25) is 0 Å². The van der Waals surface area contributed by atoms with E-state index >= 15 is 0 Å². The molecule has 55 heavy (non-hydrogen) atoms. The molecule has 0 bridgehead atoms. The number of nitrogens with zero attached hydrogens (tertiary/aromatic N) is 1. The van der Waals surface area contributed by atoms with E-state index in [0.717, 1.165) is 89.4 Å². The van der Waals surface area contributed by atoms with E-state index in [1.54, 1.807) is 0 Å². The molecule has 0 fully saturated rings. The van der Waals surface area contributed by atoms with Gasteiger partial charge < -0.3 is 13.7 Å². The van der Waals surface area contributed by atoms with Crippen molar-refractivity contribution in [3.05, 3.63) is 206 Å². The van der Waals surface area contributed by atoms with Crippen molar-refractivity contribution in [2.75, 3.05) is 4.90 Å². The SMILES string of the molecule is C=CCC(/C=C/c1ccc(N(c2ccccc2-c2ccc3oc4c5ccccc5ccc4c3c2)c2cccc3c2oc2ccccc23)cc1)c1ccccc1. The van der Waals surface area contributed by atoms with Gasteiger partial charge in [-0.25, -0.2) is 0 Å². The number of rotatable bonds is 9. The van der Waals surface area contributed by atoms with Crippen molar-refractivity contribution in [1.29, 1.82) is 0 Å². The van der Waals surface area contributed by atoms with E-state index in [1.807, 2.05) is 18.2 Å². The lowest BCUT2D eigenvalue weighted by molar-refractivity contribution is 0.669. The standard InChI is InChI=1S/C52H37NO2/c1-2-13-36(37-14-4-3-5-15-37)27-24-35-25-30-40(31-26-35)53(48-22-12-20-44-43-19-9-11-23-49(43)55-52(44)48)47-21-10-8-17-41(47)39-29-33-50-46(34-39)45-32-28-38-16-6-7-18-42(38)51(45)54-50/h2-12,14-34,36H,1,13H2/b27-24+. The second-order valence-corrected chi connectivity index (χ2v) is 14.1. The Kier molecular flexibility index (Phi) is 8.11. The molecule has 0 saturated carbocycles. The number of anilines is 3. The first-order chi connectivity index (χ1) is 27.2. The minimum atomic E-state index is 0.260. The second-order valence-electron chi connectivity index (χ2n) is 14.1. The Bertz CT molecular complexity index is 3040. The van der Waals surface area contributed by atoms with Crippen molar-refractivity contribution in [2.24, 2.45) is 0 Å². The van der Waals surface area contributed by atoms with E-state index in [0.29, 0.717) is 0 Å². The molecular weight excluding hydrogens is 671 g/mol. The highest BCUT2D eigenvalue weighted by Crippen LogP contribution is 2.46. The van der Waals surface area contributed by atoms with Gasteiger partial charge in [-0.15, -0.1) is 6.58 Å². The van der Waals surface area contributed by atoms with Crippen LogP contribution in [0.1, 0.15) is 23.5 Å². The quantitative estimate of drug-likeness (QED) is 0.140. The average Bonchev–Trinajstić information content (AvgIpc) is 3.82. The third-order valence-corrected chi connectivity index (χ3v) is 10.8. The average molecular weight is 708 g/mol. The van der Waals surface area contributed by atoms with Crippen LogP contribution in [0.2, 0.25) is 0 Å². The van der Waals surface area contributed by atoms with Gasteiger partial charge in [0.25, 0.3) is 0 Å². The van der Waals surface area contributed by atoms with Crippen molar-refractivity contribution in [1.82, 2.24) is 0 Å². The molecule has 3 nitrogen and oxygen atoms in total. The number of hydrogen-bond acceptors (Lipinski definition) is 3. The van der Waals surface area contributed by atoms with Gasteiger partial charge >= 0.3 is 0 Å². The summed E-state index contributed by atoms with van der Waals surface area (Å²) >= 11 is 0. The number of benzene rings is 8. The molecule has 262 valence electrons. The van der Waals surface area contributed by atoms with Gasteiger partial charge in [-0.1, -0.05) is 146 Å². The number of fused-ring (bicyclic) bond motifs is 8. The lowest BCUT2D eigenvalue weighted by atomic mass is 9.94. The van der Waals surface area contributed by atoms with Crippen LogP contribution in [0.3, 0.4) is 0 Å². The van der Waals surface area contributed by atoms with E-state index in [2.05, 4.69) is 187 Å². The maximum Gasteiger partial charge on any atom is 0.159 e. The molecule has 0 aliphatic heterocycles. The summed E-state index contributed by atoms with van der Waals surface area (Å²) in [5.41, 5.74) is 11.2. The van der Waals surface area contributed by atoms with Crippen LogP contribution >= 0.6 is 0 Å². The van der Waals surface area contributed by atoms with Crippen LogP contribution in [0.4, 0.5) is 17.1 Å². The van der Waals surface area contributed by atoms with Gasteiger partial charge in [0.1, 0.15) is 16.7 Å². The van der Waals surface area contributed by atoms with Crippen molar-refractivity contribution in [2.45, 2.75) is 12.3 Å². The molecule has 0 amide bonds. The Hall–Kier alpha value is -7.10. The molecule has 0 saturated heterocycles. The summed E-state index contributed by atoms with van der Waals surface area (Å²) in [5.74, 6) is 0.260. The highest BCUT2D eigenvalue weighted by Gasteiger charge is 2.22. The summed E-state index contributed by atoms with van der Waals surface area (Å²) < 4.78 is 13.2. The van der Waals surface area contributed by atoms with E-state index < -0.39 is 0 Å². The molecule has 2 heterocycles. The number of allylic oxidation sites excluding steroid dienone is 2. The molecule has 0 aliphatic carbocycles. The van der Waals surface area contributed by atoms with Crippen molar-refractivity contribution in [3.8, 4) is 11.1 Å². The van der Waals surface area contributed by atoms with Crippen LogP contribution in [-0.4, -0.2) is 0 Å². The molecule has 0 radical (unpaired) electrons.